The molecule has 7 heteroatoms. The van der Waals surface area contributed by atoms with Gasteiger partial charge in [0.2, 0.25) is 0 Å². The number of nitrogens with one attached hydrogen (secondary N) is 2. The minimum absolute atomic E-state index is 0.219. The van der Waals surface area contributed by atoms with Crippen molar-refractivity contribution in [3.8, 4) is 0 Å². The van der Waals surface area contributed by atoms with Gasteiger partial charge >= 0.3 is 12.1 Å². The quantitative estimate of drug-likeness (QED) is 0.837. The number of hydrogen-bond donors (Lipinski definition) is 2. The number of amides is 3. The van der Waals surface area contributed by atoms with Crippen LogP contribution in [0.3, 0.4) is 0 Å². The van der Waals surface area contributed by atoms with Gasteiger partial charge in [0.25, 0.3) is 0 Å². The average molecular weight is 333 g/mol. The molecule has 0 saturated carbocycles. The molecule has 7 nitrogen and oxygen atoms in total. The highest BCUT2D eigenvalue weighted by molar-refractivity contribution is 5.89. The van der Waals surface area contributed by atoms with Gasteiger partial charge in [-0.05, 0) is 37.0 Å². The van der Waals surface area contributed by atoms with Crippen LogP contribution in [0.5, 0.6) is 0 Å². The van der Waals surface area contributed by atoms with E-state index in [1.54, 1.807) is 4.90 Å². The summed E-state index contributed by atoms with van der Waals surface area (Å²) in [5, 5.41) is 5.64. The number of carbonyl (C=O) groups excluding carboxylic acids is 2. The van der Waals surface area contributed by atoms with Crippen LogP contribution in [0.15, 0.2) is 24.3 Å². The van der Waals surface area contributed by atoms with E-state index in [2.05, 4.69) is 10.6 Å². The molecular weight excluding hydrogens is 310 g/mol. The van der Waals surface area contributed by atoms with Crippen molar-refractivity contribution in [1.29, 1.82) is 0 Å². The van der Waals surface area contributed by atoms with Crippen LogP contribution in [0.1, 0.15) is 24.8 Å². The largest absolute Gasteiger partial charge is 0.448 e. The van der Waals surface area contributed by atoms with E-state index in [0.717, 1.165) is 37.1 Å². The first-order chi connectivity index (χ1) is 11.7. The molecular formula is C17H23N3O4. The third-order valence-corrected chi connectivity index (χ3v) is 4.21. The normalized spacial score (nSPS) is 20.1. The van der Waals surface area contributed by atoms with Crippen LogP contribution < -0.4 is 10.6 Å². The van der Waals surface area contributed by atoms with Crippen LogP contribution in [-0.4, -0.2) is 49.4 Å². The number of cyclic esters (lactones) is 1. The van der Waals surface area contributed by atoms with Crippen molar-refractivity contribution in [1.82, 2.24) is 10.2 Å². The maximum absolute atomic E-state index is 11.9. The summed E-state index contributed by atoms with van der Waals surface area (Å²) in [5.74, 6) is 0. The first-order valence-corrected chi connectivity index (χ1v) is 8.38. The average Bonchev–Trinajstić information content (AvgIpc) is 3.22. The van der Waals surface area contributed by atoms with Gasteiger partial charge in [-0.1, -0.05) is 12.1 Å². The summed E-state index contributed by atoms with van der Waals surface area (Å²) in [6.45, 7) is 3.02. The molecule has 2 fully saturated rings. The molecule has 1 atom stereocenters. The van der Waals surface area contributed by atoms with E-state index in [4.69, 9.17) is 9.47 Å². The number of urea groups is 1. The Labute approximate surface area is 141 Å². The smallest absolute Gasteiger partial charge is 0.410 e. The summed E-state index contributed by atoms with van der Waals surface area (Å²) >= 11 is 0. The molecule has 3 amide bonds. The molecule has 0 bridgehead atoms. The van der Waals surface area contributed by atoms with E-state index in [0.29, 0.717) is 26.2 Å². The molecule has 130 valence electrons. The van der Waals surface area contributed by atoms with E-state index < -0.39 is 0 Å². The fourth-order valence-corrected chi connectivity index (χ4v) is 2.88. The second kappa shape index (κ2) is 8.01. The number of carbonyl (C=O) groups is 2. The van der Waals surface area contributed by atoms with Gasteiger partial charge in [-0.3, -0.25) is 0 Å². The maximum atomic E-state index is 11.9. The van der Waals surface area contributed by atoms with Crippen LogP contribution in [0.25, 0.3) is 0 Å². The van der Waals surface area contributed by atoms with Crippen molar-refractivity contribution in [2.45, 2.75) is 31.9 Å². The van der Waals surface area contributed by atoms with Crippen molar-refractivity contribution in [3.05, 3.63) is 29.8 Å². The molecule has 1 aromatic rings. The zero-order valence-electron chi connectivity index (χ0n) is 13.6. The molecule has 1 unspecified atom stereocenters. The number of nitrogens with zero attached hydrogens (tertiary/aromatic N) is 1. The third kappa shape index (κ3) is 4.61. The lowest BCUT2D eigenvalue weighted by atomic mass is 10.2. The van der Waals surface area contributed by atoms with Gasteiger partial charge in [0.15, 0.2) is 0 Å². The lowest BCUT2D eigenvalue weighted by Gasteiger charge is -2.13. The Morgan fingerprint density at radius 3 is 2.75 bits per heavy atom. The number of rotatable bonds is 6. The van der Waals surface area contributed by atoms with Gasteiger partial charge in [0, 0.05) is 25.4 Å². The summed E-state index contributed by atoms with van der Waals surface area (Å²) in [6, 6.07) is 7.23. The van der Waals surface area contributed by atoms with Crippen molar-refractivity contribution in [3.63, 3.8) is 0 Å². The lowest BCUT2D eigenvalue weighted by Crippen LogP contribution is -2.31. The van der Waals surface area contributed by atoms with E-state index in [9.17, 15) is 9.59 Å². The van der Waals surface area contributed by atoms with Crippen molar-refractivity contribution in [2.75, 3.05) is 31.6 Å². The summed E-state index contributed by atoms with van der Waals surface area (Å²) < 4.78 is 10.4. The zero-order valence-corrected chi connectivity index (χ0v) is 13.6. The molecule has 2 N–H and O–H groups in total. The predicted molar refractivity (Wildman–Crippen MR) is 88.8 cm³/mol. The highest BCUT2D eigenvalue weighted by atomic mass is 16.6. The molecule has 0 aliphatic carbocycles. The second-order valence-corrected chi connectivity index (χ2v) is 6.04. The van der Waals surface area contributed by atoms with Gasteiger partial charge in [-0.25, -0.2) is 9.59 Å². The zero-order chi connectivity index (χ0) is 16.8. The van der Waals surface area contributed by atoms with Gasteiger partial charge < -0.3 is 25.0 Å². The molecule has 2 aliphatic rings. The van der Waals surface area contributed by atoms with Gasteiger partial charge in [0.05, 0.1) is 12.6 Å². The fraction of sp³-hybridized carbons (Fsp3) is 0.529. The van der Waals surface area contributed by atoms with Crippen LogP contribution in [0.4, 0.5) is 15.3 Å². The predicted octanol–water partition coefficient (Wildman–Crippen LogP) is 2.33. The molecule has 0 spiro atoms. The summed E-state index contributed by atoms with van der Waals surface area (Å²) in [6.07, 6.45) is 3.04. The molecule has 2 heterocycles. The standard InChI is InChI=1S/C17H23N3O4/c21-16(18-8-7-15-2-1-10-23-15)19-14-5-3-13(4-6-14)12-20-9-11-24-17(20)22/h3-6,15H,1-2,7-12H2,(H2,18,19,21). The molecule has 0 aromatic heterocycles. The topological polar surface area (TPSA) is 79.9 Å². The van der Waals surface area contributed by atoms with Crippen LogP contribution >= 0.6 is 0 Å². The maximum Gasteiger partial charge on any atom is 0.410 e. The van der Waals surface area contributed by atoms with Crippen LogP contribution in [-0.2, 0) is 16.0 Å². The number of ether oxygens (including phenoxy) is 2. The van der Waals surface area contributed by atoms with Crippen molar-refractivity contribution in [2.24, 2.45) is 0 Å². The molecule has 2 saturated heterocycles. The van der Waals surface area contributed by atoms with Crippen LogP contribution in [0.2, 0.25) is 0 Å². The monoisotopic (exact) mass is 333 g/mol. The number of anilines is 1. The van der Waals surface area contributed by atoms with Gasteiger partial charge in [-0.2, -0.15) is 0 Å². The number of benzene rings is 1. The lowest BCUT2D eigenvalue weighted by molar-refractivity contribution is 0.105. The van der Waals surface area contributed by atoms with Gasteiger partial charge in [-0.15, -0.1) is 0 Å². The summed E-state index contributed by atoms with van der Waals surface area (Å²) in [5.41, 5.74) is 1.72. The van der Waals surface area contributed by atoms with E-state index in [1.807, 2.05) is 24.3 Å². The first kappa shape index (κ1) is 16.6. The third-order valence-electron chi connectivity index (χ3n) is 4.21. The van der Waals surface area contributed by atoms with Crippen LogP contribution in [0, 0.1) is 0 Å². The Morgan fingerprint density at radius 1 is 1.25 bits per heavy atom. The SMILES string of the molecule is O=C(NCCC1CCCO1)Nc1ccc(CN2CCOC2=O)cc1. The van der Waals surface area contributed by atoms with Crippen molar-refractivity contribution < 1.29 is 19.1 Å². The van der Waals surface area contributed by atoms with E-state index >= 15 is 0 Å². The fourth-order valence-electron chi connectivity index (χ4n) is 2.88. The summed E-state index contributed by atoms with van der Waals surface area (Å²) in [4.78, 5) is 24.9. The van der Waals surface area contributed by atoms with E-state index in [1.165, 1.54) is 0 Å². The Morgan fingerprint density at radius 2 is 2.08 bits per heavy atom. The molecule has 1 aromatic carbocycles. The molecule has 2 aliphatic heterocycles. The number of hydrogen-bond acceptors (Lipinski definition) is 4. The highest BCUT2D eigenvalue weighted by Crippen LogP contribution is 2.15. The highest BCUT2D eigenvalue weighted by Gasteiger charge is 2.21. The molecule has 0 radical (unpaired) electrons. The Hall–Kier alpha value is -2.28. The first-order valence-electron chi connectivity index (χ1n) is 8.38. The molecule has 24 heavy (non-hydrogen) atoms. The Kier molecular flexibility index (Phi) is 5.53. The van der Waals surface area contributed by atoms with Crippen molar-refractivity contribution >= 4 is 17.8 Å². The van der Waals surface area contributed by atoms with E-state index in [-0.39, 0.29) is 18.2 Å². The Bertz CT molecular complexity index is 570. The Balaban J connectivity index is 1.40. The second-order valence-electron chi connectivity index (χ2n) is 6.04. The van der Waals surface area contributed by atoms with Gasteiger partial charge in [0.1, 0.15) is 6.61 Å². The minimum Gasteiger partial charge on any atom is -0.448 e. The summed E-state index contributed by atoms with van der Waals surface area (Å²) in [7, 11) is 0. The molecule has 3 rings (SSSR count). The minimum atomic E-state index is -0.275.